The molecular formula is C29H21NO5. The number of hydrogen-bond donors (Lipinski definition) is 0. The first-order chi connectivity index (χ1) is 17.1. The maximum Gasteiger partial charge on any atom is 0.363 e. The normalized spacial score (nSPS) is 14.0. The van der Waals surface area contributed by atoms with Crippen molar-refractivity contribution in [3.8, 4) is 11.5 Å². The van der Waals surface area contributed by atoms with Crippen LogP contribution in [0.5, 0.6) is 11.5 Å². The van der Waals surface area contributed by atoms with Gasteiger partial charge in [-0.2, -0.15) is 0 Å². The number of carbonyl (C=O) groups is 2. The molecule has 35 heavy (non-hydrogen) atoms. The zero-order valence-electron chi connectivity index (χ0n) is 18.9. The van der Waals surface area contributed by atoms with Gasteiger partial charge >= 0.3 is 11.9 Å². The first kappa shape index (κ1) is 22.1. The number of rotatable bonds is 6. The number of hydrogen-bond acceptors (Lipinski definition) is 6. The molecule has 4 aromatic rings. The topological polar surface area (TPSA) is 74.2 Å². The molecule has 172 valence electrons. The number of nitrogens with zero attached hydrogens (tertiary/aromatic N) is 1. The van der Waals surface area contributed by atoms with E-state index in [4.69, 9.17) is 14.2 Å². The Balaban J connectivity index is 1.41. The summed E-state index contributed by atoms with van der Waals surface area (Å²) in [5, 5.41) is 2.12. The second kappa shape index (κ2) is 9.65. The van der Waals surface area contributed by atoms with Crippen molar-refractivity contribution in [2.75, 3.05) is 6.61 Å². The molecule has 0 atom stereocenters. The predicted octanol–water partition coefficient (Wildman–Crippen LogP) is 5.80. The van der Waals surface area contributed by atoms with Gasteiger partial charge in [-0.3, -0.25) is 0 Å². The van der Waals surface area contributed by atoms with Crippen molar-refractivity contribution in [3.63, 3.8) is 0 Å². The van der Waals surface area contributed by atoms with E-state index in [1.165, 1.54) is 0 Å². The molecule has 6 nitrogen and oxygen atoms in total. The minimum atomic E-state index is -0.536. The summed E-state index contributed by atoms with van der Waals surface area (Å²) < 4.78 is 16.6. The number of benzene rings is 4. The minimum absolute atomic E-state index is 0.171. The smallest absolute Gasteiger partial charge is 0.363 e. The third-order valence-electron chi connectivity index (χ3n) is 5.40. The van der Waals surface area contributed by atoms with Crippen LogP contribution in [-0.4, -0.2) is 24.4 Å². The largest absolute Gasteiger partial charge is 0.490 e. The highest BCUT2D eigenvalue weighted by Gasteiger charge is 2.24. The average molecular weight is 463 g/mol. The van der Waals surface area contributed by atoms with Crippen LogP contribution >= 0.6 is 0 Å². The first-order valence-corrected chi connectivity index (χ1v) is 11.2. The minimum Gasteiger partial charge on any atom is -0.490 e. The number of carbonyl (C=O) groups excluding carboxylic acids is 2. The van der Waals surface area contributed by atoms with E-state index in [1.54, 1.807) is 48.5 Å². The Morgan fingerprint density at radius 3 is 2.46 bits per heavy atom. The van der Waals surface area contributed by atoms with Crippen molar-refractivity contribution in [3.05, 3.63) is 113 Å². The molecule has 0 radical (unpaired) electrons. The van der Waals surface area contributed by atoms with Crippen LogP contribution in [-0.2, 0) is 9.53 Å². The number of ether oxygens (including phenoxy) is 3. The van der Waals surface area contributed by atoms with Crippen molar-refractivity contribution < 1.29 is 23.8 Å². The van der Waals surface area contributed by atoms with Crippen molar-refractivity contribution >= 4 is 34.7 Å². The van der Waals surface area contributed by atoms with Crippen molar-refractivity contribution in [1.29, 1.82) is 0 Å². The summed E-state index contributed by atoms with van der Waals surface area (Å²) in [4.78, 5) is 29.4. The van der Waals surface area contributed by atoms with Crippen LogP contribution in [0.2, 0.25) is 0 Å². The van der Waals surface area contributed by atoms with Crippen LogP contribution in [0.4, 0.5) is 0 Å². The van der Waals surface area contributed by atoms with Crippen LogP contribution in [0.1, 0.15) is 28.4 Å². The monoisotopic (exact) mass is 463 g/mol. The highest BCUT2D eigenvalue weighted by atomic mass is 16.6. The maximum absolute atomic E-state index is 12.5. The van der Waals surface area contributed by atoms with Crippen LogP contribution in [0.15, 0.2) is 102 Å². The van der Waals surface area contributed by atoms with Crippen LogP contribution in [0, 0.1) is 0 Å². The van der Waals surface area contributed by atoms with E-state index in [9.17, 15) is 9.59 Å². The van der Waals surface area contributed by atoms with E-state index in [1.807, 2.05) is 55.5 Å². The number of fused-ring (bicyclic) bond motifs is 1. The van der Waals surface area contributed by atoms with Crippen molar-refractivity contribution in [2.24, 2.45) is 4.99 Å². The molecule has 0 amide bonds. The fraction of sp³-hybridized carbons (Fsp3) is 0.0690. The summed E-state index contributed by atoms with van der Waals surface area (Å²) in [6.07, 6.45) is 1.61. The van der Waals surface area contributed by atoms with E-state index in [-0.39, 0.29) is 17.3 Å². The van der Waals surface area contributed by atoms with Gasteiger partial charge in [0, 0.05) is 5.56 Å². The highest BCUT2D eigenvalue weighted by Crippen LogP contribution is 2.31. The molecule has 0 aliphatic carbocycles. The fourth-order valence-electron chi connectivity index (χ4n) is 3.71. The van der Waals surface area contributed by atoms with Gasteiger partial charge in [-0.15, -0.1) is 0 Å². The molecule has 1 aliphatic heterocycles. The van der Waals surface area contributed by atoms with Crippen LogP contribution < -0.4 is 9.47 Å². The van der Waals surface area contributed by atoms with Gasteiger partial charge in [-0.05, 0) is 65.7 Å². The summed E-state index contributed by atoms with van der Waals surface area (Å²) in [6.45, 7) is 2.21. The number of aliphatic imine (C=N–C) groups is 1. The third-order valence-corrected chi connectivity index (χ3v) is 5.40. The Morgan fingerprint density at radius 2 is 1.66 bits per heavy atom. The molecule has 0 bridgehead atoms. The summed E-state index contributed by atoms with van der Waals surface area (Å²) in [6, 6.07) is 27.5. The van der Waals surface area contributed by atoms with Crippen molar-refractivity contribution in [1.82, 2.24) is 0 Å². The zero-order valence-corrected chi connectivity index (χ0v) is 18.9. The predicted molar refractivity (Wildman–Crippen MR) is 134 cm³/mol. The molecule has 0 fully saturated rings. The highest BCUT2D eigenvalue weighted by molar-refractivity contribution is 6.13. The number of esters is 2. The molecule has 5 rings (SSSR count). The van der Waals surface area contributed by atoms with Gasteiger partial charge in [0.25, 0.3) is 0 Å². The molecule has 0 N–H and O–H groups in total. The van der Waals surface area contributed by atoms with E-state index >= 15 is 0 Å². The first-order valence-electron chi connectivity index (χ1n) is 11.2. The van der Waals surface area contributed by atoms with Crippen molar-refractivity contribution in [2.45, 2.75) is 6.92 Å². The standard InChI is InChI=1S/C29H21NO5/c1-2-33-26-17-19(12-15-25(26)34-28(31)21-9-4-3-5-10-21)16-24-29(32)35-27(30-24)23-14-13-20-8-6-7-11-22(20)18-23/h3-18H,2H2,1H3/b24-16-. The lowest BCUT2D eigenvalue weighted by Crippen LogP contribution is -2.09. The Hall–Kier alpha value is -4.71. The molecule has 0 saturated carbocycles. The molecule has 6 heteroatoms. The van der Waals surface area contributed by atoms with Crippen LogP contribution in [0.25, 0.3) is 16.8 Å². The quantitative estimate of drug-likeness (QED) is 0.205. The molecule has 0 saturated heterocycles. The average Bonchev–Trinajstić information content (AvgIpc) is 3.25. The SMILES string of the molecule is CCOc1cc(/C=C2\N=C(c3ccc4ccccc4c3)OC2=O)ccc1OC(=O)c1ccccc1. The third kappa shape index (κ3) is 4.82. The zero-order chi connectivity index (χ0) is 24.2. The van der Waals surface area contributed by atoms with E-state index < -0.39 is 11.9 Å². The molecule has 1 aliphatic rings. The van der Waals surface area contributed by atoms with E-state index in [0.717, 1.165) is 16.3 Å². The summed E-state index contributed by atoms with van der Waals surface area (Å²) in [7, 11) is 0. The lowest BCUT2D eigenvalue weighted by atomic mass is 10.1. The number of cyclic esters (lactones) is 1. The van der Waals surface area contributed by atoms with Gasteiger partial charge in [-0.1, -0.05) is 54.6 Å². The maximum atomic E-state index is 12.5. The second-order valence-corrected chi connectivity index (χ2v) is 7.79. The lowest BCUT2D eigenvalue weighted by Gasteiger charge is -2.11. The molecular weight excluding hydrogens is 442 g/mol. The Labute approximate surface area is 202 Å². The molecule has 1 heterocycles. The van der Waals surface area contributed by atoms with Gasteiger partial charge in [-0.25, -0.2) is 14.6 Å². The fourth-order valence-corrected chi connectivity index (χ4v) is 3.71. The van der Waals surface area contributed by atoms with Gasteiger partial charge in [0.1, 0.15) is 0 Å². The van der Waals surface area contributed by atoms with Gasteiger partial charge in [0.15, 0.2) is 17.2 Å². The van der Waals surface area contributed by atoms with Gasteiger partial charge in [0.05, 0.1) is 12.2 Å². The summed E-state index contributed by atoms with van der Waals surface area (Å²) in [5.74, 6) is -0.0914. The van der Waals surface area contributed by atoms with E-state index in [2.05, 4.69) is 4.99 Å². The molecule has 4 aromatic carbocycles. The summed E-state index contributed by atoms with van der Waals surface area (Å²) in [5.41, 5.74) is 1.98. The molecule has 0 unspecified atom stereocenters. The van der Waals surface area contributed by atoms with Gasteiger partial charge < -0.3 is 14.2 Å². The molecule has 0 aromatic heterocycles. The Morgan fingerprint density at radius 1 is 0.886 bits per heavy atom. The van der Waals surface area contributed by atoms with E-state index in [0.29, 0.717) is 23.5 Å². The summed E-state index contributed by atoms with van der Waals surface area (Å²) >= 11 is 0. The van der Waals surface area contributed by atoms with Gasteiger partial charge in [0.2, 0.25) is 5.90 Å². The second-order valence-electron chi connectivity index (χ2n) is 7.79. The van der Waals surface area contributed by atoms with Crippen LogP contribution in [0.3, 0.4) is 0 Å². The molecule has 0 spiro atoms. The lowest BCUT2D eigenvalue weighted by molar-refractivity contribution is -0.129. The Kier molecular flexibility index (Phi) is 6.09. The Bertz CT molecular complexity index is 1490.